The minimum atomic E-state index is 0.379. The molecule has 0 radical (unpaired) electrons. The molecule has 6 aliphatic carbocycles. The molecule has 0 aromatic carbocycles. The Morgan fingerprint density at radius 2 is 0.983 bits per heavy atom. The lowest BCUT2D eigenvalue weighted by molar-refractivity contribution is 0.0919. The van der Waals surface area contributed by atoms with E-state index >= 15 is 0 Å². The van der Waals surface area contributed by atoms with Gasteiger partial charge in [0.25, 0.3) is 0 Å². The zero-order valence-electron chi connectivity index (χ0n) is 42.7. The molecule has 2 heteroatoms. The average molecular weight is 830 g/mol. The summed E-state index contributed by atoms with van der Waals surface area (Å²) in [6.45, 7) is 32.0. The van der Waals surface area contributed by atoms with Crippen molar-refractivity contribution in [2.45, 2.75) is 237 Å². The Morgan fingerprint density at radius 3 is 1.37 bits per heavy atom. The predicted molar refractivity (Wildman–Crippen MR) is 265 cm³/mol. The van der Waals surface area contributed by atoms with Crippen LogP contribution in [0.3, 0.4) is 0 Å². The maximum absolute atomic E-state index is 7.00. The van der Waals surface area contributed by atoms with E-state index in [1.807, 2.05) is 0 Å². The second-order valence-electron chi connectivity index (χ2n) is 25.5. The molecule has 0 saturated heterocycles. The van der Waals surface area contributed by atoms with E-state index in [1.54, 1.807) is 22.3 Å². The average Bonchev–Trinajstić information content (AvgIpc) is 3.69. The van der Waals surface area contributed by atoms with Crippen LogP contribution in [0.4, 0.5) is 0 Å². The number of allylic oxidation sites excluding steroid dienone is 7. The molecule has 60 heavy (non-hydrogen) atoms. The molecule has 12 atom stereocenters. The molecule has 6 aliphatic rings. The third-order valence-electron chi connectivity index (χ3n) is 17.6. The van der Waals surface area contributed by atoms with Crippen LogP contribution in [0.5, 0.6) is 0 Å². The minimum Gasteiger partial charge on any atom is -0.400 e. The Balaban J connectivity index is 0.000000254. The molecule has 0 unspecified atom stereocenters. The fraction of sp³-hybridized carbons (Fsp3) is 0.862. The van der Waals surface area contributed by atoms with E-state index in [2.05, 4.69) is 114 Å². The van der Waals surface area contributed by atoms with Crippen LogP contribution in [0.1, 0.15) is 231 Å². The molecule has 0 amide bonds. The van der Waals surface area contributed by atoms with Gasteiger partial charge in [0.15, 0.2) is 0 Å². The van der Waals surface area contributed by atoms with Gasteiger partial charge in [-0.1, -0.05) is 162 Å². The largest absolute Gasteiger partial charge is 0.400 e. The highest BCUT2D eigenvalue weighted by atomic mass is 16.2. The van der Waals surface area contributed by atoms with Crippen molar-refractivity contribution in [2.24, 2.45) is 80.7 Å². The minimum absolute atomic E-state index is 0.379. The first-order valence-corrected chi connectivity index (χ1v) is 26.1. The van der Waals surface area contributed by atoms with Gasteiger partial charge in [-0.05, 0) is 190 Å². The molecule has 346 valence electrons. The van der Waals surface area contributed by atoms with Crippen molar-refractivity contribution < 1.29 is 5.11 Å². The van der Waals surface area contributed by atoms with Gasteiger partial charge in [0.2, 0.25) is 0 Å². The zero-order chi connectivity index (χ0) is 44.5. The van der Waals surface area contributed by atoms with Crippen molar-refractivity contribution >= 4 is 0 Å². The van der Waals surface area contributed by atoms with Crippen LogP contribution in [0.25, 0.3) is 0 Å². The summed E-state index contributed by atoms with van der Waals surface area (Å²) in [6.07, 6.45) is 40.5. The highest BCUT2D eigenvalue weighted by Crippen LogP contribution is 2.61. The van der Waals surface area contributed by atoms with Crippen LogP contribution in [0.15, 0.2) is 46.6 Å². The molecule has 6 saturated carbocycles. The molecule has 0 spiro atoms. The van der Waals surface area contributed by atoms with Crippen LogP contribution in [0.2, 0.25) is 0 Å². The van der Waals surface area contributed by atoms with E-state index in [1.165, 1.54) is 135 Å². The van der Waals surface area contributed by atoms with Gasteiger partial charge in [-0.2, -0.15) is 0 Å². The van der Waals surface area contributed by atoms with E-state index in [9.17, 15) is 0 Å². The molecule has 0 aliphatic heterocycles. The topological polar surface area (TPSA) is 46.2 Å². The first-order chi connectivity index (χ1) is 28.2. The van der Waals surface area contributed by atoms with Crippen molar-refractivity contribution in [3.05, 3.63) is 46.6 Å². The summed E-state index contributed by atoms with van der Waals surface area (Å²) in [4.78, 5) is 0. The summed E-state index contributed by atoms with van der Waals surface area (Å²) in [5.41, 5.74) is 15.3. The fourth-order valence-corrected chi connectivity index (χ4v) is 14.8. The maximum atomic E-state index is 7.00. The van der Waals surface area contributed by atoms with E-state index in [-0.39, 0.29) is 0 Å². The summed E-state index contributed by atoms with van der Waals surface area (Å²) in [5, 5.41) is 7.00. The summed E-state index contributed by atoms with van der Waals surface area (Å²) < 4.78 is 0. The summed E-state index contributed by atoms with van der Waals surface area (Å²) in [6, 6.07) is 0.379. The van der Waals surface area contributed by atoms with Crippen molar-refractivity contribution in [1.29, 1.82) is 0 Å². The first kappa shape index (κ1) is 51.5. The van der Waals surface area contributed by atoms with Gasteiger partial charge in [0, 0.05) is 13.2 Å². The molecule has 3 N–H and O–H groups in total. The van der Waals surface area contributed by atoms with Gasteiger partial charge in [-0.3, -0.25) is 0 Å². The monoisotopic (exact) mass is 830 g/mol. The van der Waals surface area contributed by atoms with Crippen molar-refractivity contribution in [2.75, 3.05) is 7.11 Å². The highest BCUT2D eigenvalue weighted by molar-refractivity contribution is 5.27. The van der Waals surface area contributed by atoms with Crippen LogP contribution in [0, 0.1) is 74.9 Å². The number of rotatable bonds is 10. The number of hydrogen-bond donors (Lipinski definition) is 2. The summed E-state index contributed by atoms with van der Waals surface area (Å²) >= 11 is 0. The second kappa shape index (κ2) is 22.7. The van der Waals surface area contributed by atoms with Gasteiger partial charge in [0.1, 0.15) is 0 Å². The van der Waals surface area contributed by atoms with Crippen molar-refractivity contribution in [3.63, 3.8) is 0 Å². The van der Waals surface area contributed by atoms with Crippen molar-refractivity contribution in [1.82, 2.24) is 0 Å². The van der Waals surface area contributed by atoms with E-state index in [0.29, 0.717) is 27.7 Å². The van der Waals surface area contributed by atoms with Crippen LogP contribution in [-0.2, 0) is 0 Å². The summed E-state index contributed by atoms with van der Waals surface area (Å²) in [7, 11) is 1.00. The lowest BCUT2D eigenvalue weighted by Crippen LogP contribution is -2.36. The zero-order valence-corrected chi connectivity index (χ0v) is 42.7. The number of fused-ring (bicyclic) bond motifs is 2. The van der Waals surface area contributed by atoms with Crippen LogP contribution >= 0.6 is 0 Å². The molecule has 0 aromatic heterocycles. The maximum Gasteiger partial charge on any atom is 0.0319 e. The van der Waals surface area contributed by atoms with Crippen molar-refractivity contribution in [3.8, 4) is 0 Å². The second-order valence-corrected chi connectivity index (χ2v) is 25.5. The van der Waals surface area contributed by atoms with E-state index in [4.69, 9.17) is 10.8 Å². The van der Waals surface area contributed by atoms with Gasteiger partial charge < -0.3 is 10.8 Å². The molecule has 0 bridgehead atoms. The molecule has 6 rings (SSSR count). The van der Waals surface area contributed by atoms with Crippen LogP contribution < -0.4 is 5.73 Å². The Labute approximate surface area is 375 Å². The lowest BCUT2D eigenvalue weighted by Gasteiger charge is -2.44. The Hall–Kier alpha value is -1.12. The number of aliphatic hydroxyl groups is 1. The fourth-order valence-electron chi connectivity index (χ4n) is 14.8. The molecule has 0 aromatic rings. The summed E-state index contributed by atoms with van der Waals surface area (Å²) in [5.74, 6) is 7.84. The van der Waals surface area contributed by atoms with Gasteiger partial charge in [-0.15, -0.1) is 0 Å². The predicted octanol–water partition coefficient (Wildman–Crippen LogP) is 17.0. The number of hydrogen-bond acceptors (Lipinski definition) is 2. The normalized spacial score (nSPS) is 37.7. The lowest BCUT2D eigenvalue weighted by atomic mass is 9.60. The van der Waals surface area contributed by atoms with Crippen LogP contribution in [-0.4, -0.2) is 18.3 Å². The number of nitrogens with two attached hydrogens (primary N) is 1. The SMILES string of the molecule is CO.C[C@@H]1C/C(=C/C=C2\CCC[C@]3(C)[C@@H]([C@H](C)CCCC(C)(C)C)CC[C@@H]23)C[C@@H](N)C1.C[C@@H]1CC(=C/C=C2\CCC[C@]3(C)[C@@H]([C@H](C)CCCC(C)(C)C)CC[C@@H]23)C[C@@H](C)C1. The third-order valence-corrected chi connectivity index (χ3v) is 17.6. The molecular weight excluding hydrogens is 727 g/mol. The Kier molecular flexibility index (Phi) is 19.5. The van der Waals surface area contributed by atoms with E-state index in [0.717, 1.165) is 66.8 Å². The molecule has 6 fully saturated rings. The van der Waals surface area contributed by atoms with Gasteiger partial charge >= 0.3 is 0 Å². The standard InChI is InChI=1S/C29H50.C28H49N.CH4O/c1-21-18-22(2)20-24(19-21)12-13-25-11-9-17-29(7)26(14-15-27(25)29)23(3)10-8-16-28(4,5)6;1-20-17-22(19-24(29)18-20)11-12-23-10-8-16-28(6)25(13-14-26(23)28)21(2)9-7-15-27(3,4)5;1-2/h12-13,21-23,26-27H,8-11,14-20H2,1-7H3;11-12,20-21,24-26H,7-10,13-19,29H2,1-6H3;2H,1H3/b25-13+;22-11-,23-12+;/t21-,22-,23+,26+,27-,29+;20-,21-,24+,25-,26+,28-;/m01./s1. The number of aliphatic hydroxyl groups excluding tert-OH is 1. The van der Waals surface area contributed by atoms with E-state index < -0.39 is 0 Å². The smallest absolute Gasteiger partial charge is 0.0319 e. The van der Waals surface area contributed by atoms with Gasteiger partial charge in [0.05, 0.1) is 0 Å². The first-order valence-electron chi connectivity index (χ1n) is 26.1. The quantitative estimate of drug-likeness (QED) is 0.230. The Morgan fingerprint density at radius 1 is 0.600 bits per heavy atom. The third kappa shape index (κ3) is 14.4. The molecule has 2 nitrogen and oxygen atoms in total. The highest BCUT2D eigenvalue weighted by Gasteiger charge is 2.51. The Bertz CT molecular complexity index is 1300. The molecular formula is C58H103NO. The molecule has 0 heterocycles. The van der Waals surface area contributed by atoms with Gasteiger partial charge in [-0.25, -0.2) is 0 Å².